The van der Waals surface area contributed by atoms with Gasteiger partial charge in [-0.25, -0.2) is 0 Å². The Morgan fingerprint density at radius 3 is 2.50 bits per heavy atom. The minimum atomic E-state index is -0.132. The molecule has 2 saturated heterocycles. The van der Waals surface area contributed by atoms with Crippen molar-refractivity contribution in [2.45, 2.75) is 19.3 Å². The number of nitrogens with one attached hydrogen (secondary N) is 1. The molecule has 2 heterocycles. The van der Waals surface area contributed by atoms with E-state index in [1.54, 1.807) is 11.0 Å². The number of amides is 3. The quantitative estimate of drug-likeness (QED) is 0.831. The summed E-state index contributed by atoms with van der Waals surface area (Å²) in [7, 11) is 0. The zero-order valence-corrected chi connectivity index (χ0v) is 14.9. The number of piperidine rings is 1. The molecule has 3 amide bonds. The second kappa shape index (κ2) is 8.65. The van der Waals surface area contributed by atoms with E-state index < -0.39 is 0 Å². The lowest BCUT2D eigenvalue weighted by molar-refractivity contribution is -0.137. The summed E-state index contributed by atoms with van der Waals surface area (Å²) < 4.78 is 0. The van der Waals surface area contributed by atoms with Gasteiger partial charge in [0.1, 0.15) is 0 Å². The summed E-state index contributed by atoms with van der Waals surface area (Å²) in [4.78, 5) is 40.0. The highest BCUT2D eigenvalue weighted by Gasteiger charge is 2.29. The summed E-state index contributed by atoms with van der Waals surface area (Å²) in [5, 5.41) is 2.77. The number of hydrogen-bond acceptors (Lipinski definition) is 3. The van der Waals surface area contributed by atoms with Gasteiger partial charge in [0.25, 0.3) is 0 Å². The van der Waals surface area contributed by atoms with Crippen molar-refractivity contribution in [3.63, 3.8) is 0 Å². The number of hydrogen-bond donors (Lipinski definition) is 1. The van der Waals surface area contributed by atoms with Crippen LogP contribution in [0.1, 0.15) is 24.8 Å². The molecule has 3 rings (SSSR count). The number of carbonyl (C=O) groups is 3. The van der Waals surface area contributed by atoms with E-state index in [0.717, 1.165) is 12.0 Å². The van der Waals surface area contributed by atoms with Crippen LogP contribution in [-0.4, -0.2) is 60.2 Å². The molecule has 2 aliphatic heterocycles. The standard InChI is InChI=1S/C20H25N3O3/c24-18-9-8-17(15-21-18)20(26)23-12-4-11-22(13-14-23)19(25)10-7-16-5-2-1-3-6-16/h1-3,5-7,10,17H,4,8-9,11-15H2,(H,21,24)/b10-7+. The molecule has 138 valence electrons. The molecule has 2 fully saturated rings. The van der Waals surface area contributed by atoms with Crippen molar-refractivity contribution in [1.29, 1.82) is 0 Å². The molecule has 0 bridgehead atoms. The zero-order chi connectivity index (χ0) is 18.4. The monoisotopic (exact) mass is 355 g/mol. The van der Waals surface area contributed by atoms with E-state index in [2.05, 4.69) is 5.32 Å². The van der Waals surface area contributed by atoms with E-state index in [0.29, 0.717) is 45.6 Å². The molecule has 1 N–H and O–H groups in total. The summed E-state index contributed by atoms with van der Waals surface area (Å²) in [6, 6.07) is 9.73. The van der Waals surface area contributed by atoms with Gasteiger partial charge in [0, 0.05) is 45.2 Å². The fraction of sp³-hybridized carbons (Fsp3) is 0.450. The molecule has 0 aliphatic carbocycles. The van der Waals surface area contributed by atoms with Gasteiger partial charge in [-0.2, -0.15) is 0 Å². The van der Waals surface area contributed by atoms with Crippen molar-refractivity contribution in [2.24, 2.45) is 5.92 Å². The molecule has 6 nitrogen and oxygen atoms in total. The van der Waals surface area contributed by atoms with Crippen molar-refractivity contribution < 1.29 is 14.4 Å². The highest BCUT2D eigenvalue weighted by Crippen LogP contribution is 2.16. The van der Waals surface area contributed by atoms with Gasteiger partial charge < -0.3 is 15.1 Å². The van der Waals surface area contributed by atoms with Crippen molar-refractivity contribution in [1.82, 2.24) is 15.1 Å². The zero-order valence-electron chi connectivity index (χ0n) is 14.9. The van der Waals surface area contributed by atoms with Crippen molar-refractivity contribution >= 4 is 23.8 Å². The van der Waals surface area contributed by atoms with Crippen LogP contribution in [0.25, 0.3) is 6.08 Å². The van der Waals surface area contributed by atoms with Crippen LogP contribution in [0.3, 0.4) is 0 Å². The Bertz CT molecular complexity index is 677. The van der Waals surface area contributed by atoms with Gasteiger partial charge in [-0.3, -0.25) is 14.4 Å². The lowest BCUT2D eigenvalue weighted by Crippen LogP contribution is -2.46. The third-order valence-electron chi connectivity index (χ3n) is 4.95. The minimum Gasteiger partial charge on any atom is -0.355 e. The van der Waals surface area contributed by atoms with Crippen LogP contribution in [0.15, 0.2) is 36.4 Å². The molecule has 2 aliphatic rings. The second-order valence-corrected chi connectivity index (χ2v) is 6.79. The average Bonchev–Trinajstić information content (AvgIpc) is 2.93. The molecule has 0 saturated carbocycles. The van der Waals surface area contributed by atoms with Crippen molar-refractivity contribution in [2.75, 3.05) is 32.7 Å². The Balaban J connectivity index is 1.52. The molecule has 0 spiro atoms. The lowest BCUT2D eigenvalue weighted by atomic mass is 9.97. The Hall–Kier alpha value is -2.63. The van der Waals surface area contributed by atoms with E-state index in [1.807, 2.05) is 41.3 Å². The smallest absolute Gasteiger partial charge is 0.246 e. The first-order valence-electron chi connectivity index (χ1n) is 9.21. The van der Waals surface area contributed by atoms with Crippen molar-refractivity contribution in [3.8, 4) is 0 Å². The Kier molecular flexibility index (Phi) is 6.04. The van der Waals surface area contributed by atoms with Gasteiger partial charge in [0.15, 0.2) is 0 Å². The maximum Gasteiger partial charge on any atom is 0.246 e. The first-order valence-corrected chi connectivity index (χ1v) is 9.21. The second-order valence-electron chi connectivity index (χ2n) is 6.79. The van der Waals surface area contributed by atoms with E-state index in [9.17, 15) is 14.4 Å². The highest BCUT2D eigenvalue weighted by atomic mass is 16.2. The molecule has 1 atom stereocenters. The topological polar surface area (TPSA) is 69.7 Å². The number of carbonyl (C=O) groups excluding carboxylic acids is 3. The molecule has 1 unspecified atom stereocenters. The first kappa shape index (κ1) is 18.2. The summed E-state index contributed by atoms with van der Waals surface area (Å²) in [6.07, 6.45) is 5.23. The van der Waals surface area contributed by atoms with Crippen LogP contribution in [0.5, 0.6) is 0 Å². The lowest BCUT2D eigenvalue weighted by Gasteiger charge is -2.28. The molecular weight excluding hydrogens is 330 g/mol. The maximum absolute atomic E-state index is 12.7. The first-order chi connectivity index (χ1) is 12.6. The Morgan fingerprint density at radius 1 is 1.04 bits per heavy atom. The van der Waals surface area contributed by atoms with Crippen LogP contribution >= 0.6 is 0 Å². The van der Waals surface area contributed by atoms with Crippen LogP contribution in [0.2, 0.25) is 0 Å². The summed E-state index contributed by atoms with van der Waals surface area (Å²) in [5.74, 6) is -0.0352. The predicted molar refractivity (Wildman–Crippen MR) is 99.0 cm³/mol. The minimum absolute atomic E-state index is 0.0203. The normalized spacial score (nSPS) is 21.4. The van der Waals surface area contributed by atoms with Gasteiger partial charge in [-0.1, -0.05) is 30.3 Å². The van der Waals surface area contributed by atoms with Crippen LogP contribution in [-0.2, 0) is 14.4 Å². The summed E-state index contributed by atoms with van der Waals surface area (Å²) >= 11 is 0. The number of benzene rings is 1. The summed E-state index contributed by atoms with van der Waals surface area (Å²) in [6.45, 7) is 2.84. The van der Waals surface area contributed by atoms with Gasteiger partial charge in [-0.05, 0) is 24.5 Å². The van der Waals surface area contributed by atoms with Crippen LogP contribution in [0.4, 0.5) is 0 Å². The summed E-state index contributed by atoms with van der Waals surface area (Å²) in [5.41, 5.74) is 0.992. The molecule has 0 aromatic heterocycles. The van der Waals surface area contributed by atoms with E-state index >= 15 is 0 Å². The third kappa shape index (κ3) is 4.71. The molecule has 26 heavy (non-hydrogen) atoms. The third-order valence-corrected chi connectivity index (χ3v) is 4.95. The SMILES string of the molecule is O=C1CCC(C(=O)N2CCCN(C(=O)/C=C/c3ccccc3)CC2)CN1. The van der Waals surface area contributed by atoms with Gasteiger partial charge in [-0.15, -0.1) is 0 Å². The van der Waals surface area contributed by atoms with E-state index in [1.165, 1.54) is 0 Å². The number of nitrogens with zero attached hydrogens (tertiary/aromatic N) is 2. The average molecular weight is 355 g/mol. The number of rotatable bonds is 3. The molecule has 1 aromatic carbocycles. The van der Waals surface area contributed by atoms with Gasteiger partial charge in [0.05, 0.1) is 5.92 Å². The highest BCUT2D eigenvalue weighted by molar-refractivity contribution is 5.92. The largest absolute Gasteiger partial charge is 0.355 e. The van der Waals surface area contributed by atoms with E-state index in [-0.39, 0.29) is 23.6 Å². The van der Waals surface area contributed by atoms with Crippen LogP contribution in [0, 0.1) is 5.92 Å². The maximum atomic E-state index is 12.7. The Morgan fingerprint density at radius 2 is 1.77 bits per heavy atom. The molecule has 0 radical (unpaired) electrons. The van der Waals surface area contributed by atoms with Gasteiger partial charge in [0.2, 0.25) is 17.7 Å². The predicted octanol–water partition coefficient (Wildman–Crippen LogP) is 1.29. The van der Waals surface area contributed by atoms with E-state index in [4.69, 9.17) is 0 Å². The van der Waals surface area contributed by atoms with Crippen molar-refractivity contribution in [3.05, 3.63) is 42.0 Å². The fourth-order valence-electron chi connectivity index (χ4n) is 3.40. The fourth-order valence-corrected chi connectivity index (χ4v) is 3.40. The van der Waals surface area contributed by atoms with Crippen LogP contribution < -0.4 is 5.32 Å². The molecule has 1 aromatic rings. The van der Waals surface area contributed by atoms with Gasteiger partial charge >= 0.3 is 0 Å². The molecule has 6 heteroatoms. The Labute approximate surface area is 153 Å². The molecular formula is C20H25N3O3.